The molecular formula is C20H15N5O5S. The van der Waals surface area contributed by atoms with E-state index in [2.05, 4.69) is 15.4 Å². The molecule has 0 saturated heterocycles. The van der Waals surface area contributed by atoms with Gasteiger partial charge < -0.3 is 10.6 Å². The van der Waals surface area contributed by atoms with Crippen LogP contribution in [0, 0.1) is 21.4 Å². The van der Waals surface area contributed by atoms with Gasteiger partial charge >= 0.3 is 6.03 Å². The van der Waals surface area contributed by atoms with Crippen LogP contribution in [0.1, 0.15) is 5.56 Å². The van der Waals surface area contributed by atoms with Crippen LogP contribution in [0.3, 0.4) is 0 Å². The maximum absolute atomic E-state index is 12.4. The predicted octanol–water partition coefficient (Wildman–Crippen LogP) is 3.91. The number of nitriles is 1. The van der Waals surface area contributed by atoms with Crippen LogP contribution in [0.2, 0.25) is 0 Å². The van der Waals surface area contributed by atoms with Crippen LogP contribution >= 0.6 is 0 Å². The largest absolute Gasteiger partial charge is 0.323 e. The zero-order valence-corrected chi connectivity index (χ0v) is 16.6. The lowest BCUT2D eigenvalue weighted by molar-refractivity contribution is -0.384. The molecule has 11 heteroatoms. The first-order valence-corrected chi connectivity index (χ1v) is 10.2. The van der Waals surface area contributed by atoms with E-state index in [4.69, 9.17) is 5.26 Å². The summed E-state index contributed by atoms with van der Waals surface area (Å²) in [5, 5.41) is 24.6. The van der Waals surface area contributed by atoms with Gasteiger partial charge in [0.2, 0.25) is 0 Å². The summed E-state index contributed by atoms with van der Waals surface area (Å²) in [7, 11) is -3.84. The second kappa shape index (κ2) is 8.93. The Kier molecular flexibility index (Phi) is 6.13. The lowest BCUT2D eigenvalue weighted by Gasteiger charge is -2.10. The summed E-state index contributed by atoms with van der Waals surface area (Å²) in [5.41, 5.74) is 1.09. The van der Waals surface area contributed by atoms with Gasteiger partial charge in [-0.25, -0.2) is 13.2 Å². The second-order valence-electron chi connectivity index (χ2n) is 6.21. The molecule has 2 amide bonds. The maximum Gasteiger partial charge on any atom is 0.323 e. The number of amides is 2. The maximum atomic E-state index is 12.4. The molecule has 0 saturated carbocycles. The lowest BCUT2D eigenvalue weighted by Crippen LogP contribution is -2.19. The van der Waals surface area contributed by atoms with Crippen LogP contribution in [0.4, 0.5) is 27.5 Å². The van der Waals surface area contributed by atoms with E-state index in [0.29, 0.717) is 11.3 Å². The first-order valence-electron chi connectivity index (χ1n) is 8.72. The van der Waals surface area contributed by atoms with E-state index in [1.807, 2.05) is 6.07 Å². The monoisotopic (exact) mass is 437 g/mol. The third-order valence-electron chi connectivity index (χ3n) is 4.00. The predicted molar refractivity (Wildman–Crippen MR) is 114 cm³/mol. The van der Waals surface area contributed by atoms with Gasteiger partial charge in [0.15, 0.2) is 0 Å². The molecule has 0 fully saturated rings. The van der Waals surface area contributed by atoms with Gasteiger partial charge in [0.25, 0.3) is 15.7 Å². The number of carbonyl (C=O) groups is 1. The Labute approximate surface area is 177 Å². The third-order valence-corrected chi connectivity index (χ3v) is 5.40. The van der Waals surface area contributed by atoms with E-state index in [9.17, 15) is 23.3 Å². The van der Waals surface area contributed by atoms with Crippen molar-refractivity contribution < 1.29 is 18.1 Å². The number of carbonyl (C=O) groups excluding carboxylic acids is 1. The number of nitro groups is 1. The van der Waals surface area contributed by atoms with Gasteiger partial charge in [-0.3, -0.25) is 14.8 Å². The Morgan fingerprint density at radius 1 is 0.903 bits per heavy atom. The van der Waals surface area contributed by atoms with Crippen LogP contribution in [-0.4, -0.2) is 19.4 Å². The van der Waals surface area contributed by atoms with E-state index in [1.165, 1.54) is 72.8 Å². The average molecular weight is 437 g/mol. The molecule has 3 aromatic carbocycles. The van der Waals surface area contributed by atoms with Gasteiger partial charge in [-0.1, -0.05) is 6.07 Å². The van der Waals surface area contributed by atoms with Crippen molar-refractivity contribution in [3.8, 4) is 6.07 Å². The topological polar surface area (TPSA) is 154 Å². The fraction of sp³-hybridized carbons (Fsp3) is 0. The van der Waals surface area contributed by atoms with Crippen molar-refractivity contribution in [1.82, 2.24) is 0 Å². The van der Waals surface area contributed by atoms with Crippen molar-refractivity contribution in [1.29, 1.82) is 5.26 Å². The van der Waals surface area contributed by atoms with Gasteiger partial charge in [0.1, 0.15) is 0 Å². The normalized spacial score (nSPS) is 10.5. The zero-order valence-electron chi connectivity index (χ0n) is 15.8. The number of nitrogens with one attached hydrogen (secondary N) is 3. The van der Waals surface area contributed by atoms with E-state index in [1.54, 1.807) is 0 Å². The Morgan fingerprint density at radius 3 is 2.13 bits per heavy atom. The minimum absolute atomic E-state index is 0.00466. The van der Waals surface area contributed by atoms with Gasteiger partial charge in [0, 0.05) is 29.2 Å². The fourth-order valence-electron chi connectivity index (χ4n) is 2.53. The highest BCUT2D eigenvalue weighted by molar-refractivity contribution is 7.92. The first-order chi connectivity index (χ1) is 14.8. The molecule has 3 aromatic rings. The number of urea groups is 1. The molecule has 0 radical (unpaired) electrons. The molecule has 0 unspecified atom stereocenters. The first kappa shape index (κ1) is 21.3. The van der Waals surface area contributed by atoms with E-state index in [-0.39, 0.29) is 22.0 Å². The number of hydrogen-bond donors (Lipinski definition) is 3. The summed E-state index contributed by atoms with van der Waals surface area (Å²) in [5.74, 6) is 0. The summed E-state index contributed by atoms with van der Waals surface area (Å²) < 4.78 is 27.2. The molecule has 156 valence electrons. The molecule has 3 rings (SSSR count). The van der Waals surface area contributed by atoms with Crippen LogP contribution < -0.4 is 15.4 Å². The Hall–Kier alpha value is -4.43. The number of benzene rings is 3. The standard InChI is InChI=1S/C20H15N5O5S/c21-13-14-4-10-19(11-5-14)31(29,30)24-16-8-6-15(7-9-16)22-20(26)23-17-2-1-3-18(12-17)25(27)28/h1-12,24H,(H2,22,23,26). The fourth-order valence-corrected chi connectivity index (χ4v) is 3.59. The highest BCUT2D eigenvalue weighted by Crippen LogP contribution is 2.20. The van der Waals surface area contributed by atoms with Gasteiger partial charge in [-0.2, -0.15) is 5.26 Å². The molecule has 0 aromatic heterocycles. The Balaban J connectivity index is 1.63. The number of rotatable bonds is 6. The van der Waals surface area contributed by atoms with Crippen molar-refractivity contribution in [2.75, 3.05) is 15.4 Å². The van der Waals surface area contributed by atoms with Crippen molar-refractivity contribution >= 4 is 38.8 Å². The molecule has 3 N–H and O–H groups in total. The van der Waals surface area contributed by atoms with Crippen molar-refractivity contribution in [3.63, 3.8) is 0 Å². The Morgan fingerprint density at radius 2 is 1.52 bits per heavy atom. The number of non-ortho nitro benzene ring substituents is 1. The molecule has 0 aliphatic heterocycles. The molecule has 31 heavy (non-hydrogen) atoms. The molecule has 0 atom stereocenters. The van der Waals surface area contributed by atoms with Gasteiger partial charge in [-0.05, 0) is 54.6 Å². The molecule has 10 nitrogen and oxygen atoms in total. The van der Waals surface area contributed by atoms with Crippen LogP contribution in [0.25, 0.3) is 0 Å². The molecule has 0 spiro atoms. The minimum atomic E-state index is -3.84. The van der Waals surface area contributed by atoms with Crippen LogP contribution in [0.15, 0.2) is 77.7 Å². The number of nitrogens with zero attached hydrogens (tertiary/aromatic N) is 2. The summed E-state index contributed by atoms with van der Waals surface area (Å²) in [6.45, 7) is 0. The number of sulfonamides is 1. The Bertz CT molecular complexity index is 1270. The molecule has 0 heterocycles. The number of nitro benzene ring substituents is 1. The summed E-state index contributed by atoms with van der Waals surface area (Å²) >= 11 is 0. The lowest BCUT2D eigenvalue weighted by atomic mass is 10.2. The molecule has 0 bridgehead atoms. The van der Waals surface area contributed by atoms with E-state index in [0.717, 1.165) is 0 Å². The van der Waals surface area contributed by atoms with E-state index >= 15 is 0 Å². The average Bonchev–Trinajstić information content (AvgIpc) is 2.75. The van der Waals surface area contributed by atoms with Gasteiger partial charge in [0.05, 0.1) is 21.5 Å². The zero-order chi connectivity index (χ0) is 22.4. The van der Waals surface area contributed by atoms with Gasteiger partial charge in [-0.15, -0.1) is 0 Å². The smallest absolute Gasteiger partial charge is 0.308 e. The van der Waals surface area contributed by atoms with Crippen LogP contribution in [0.5, 0.6) is 0 Å². The van der Waals surface area contributed by atoms with E-state index < -0.39 is 21.0 Å². The number of hydrogen-bond acceptors (Lipinski definition) is 6. The van der Waals surface area contributed by atoms with Crippen molar-refractivity contribution in [2.24, 2.45) is 0 Å². The van der Waals surface area contributed by atoms with Crippen molar-refractivity contribution in [3.05, 3.63) is 88.5 Å². The molecule has 0 aliphatic carbocycles. The summed E-state index contributed by atoms with van der Waals surface area (Å²) in [4.78, 5) is 22.3. The third kappa shape index (κ3) is 5.55. The molecule has 0 aliphatic rings. The quantitative estimate of drug-likeness (QED) is 0.392. The summed E-state index contributed by atoms with van der Waals surface area (Å²) in [6.07, 6.45) is 0. The molecular weight excluding hydrogens is 422 g/mol. The minimum Gasteiger partial charge on any atom is -0.308 e. The highest BCUT2D eigenvalue weighted by Gasteiger charge is 2.14. The van der Waals surface area contributed by atoms with Crippen molar-refractivity contribution in [2.45, 2.75) is 4.90 Å². The number of anilines is 3. The van der Waals surface area contributed by atoms with Crippen LogP contribution in [-0.2, 0) is 10.0 Å². The SMILES string of the molecule is N#Cc1ccc(S(=O)(=O)Nc2ccc(NC(=O)Nc3cccc([N+](=O)[O-])c3)cc2)cc1. The second-order valence-corrected chi connectivity index (χ2v) is 7.89. The summed E-state index contributed by atoms with van der Waals surface area (Å²) in [6, 6.07) is 18.1. The highest BCUT2D eigenvalue weighted by atomic mass is 32.2.